The summed E-state index contributed by atoms with van der Waals surface area (Å²) in [4.78, 5) is 2.21. The van der Waals surface area contributed by atoms with Gasteiger partial charge in [-0.1, -0.05) is 19.4 Å². The van der Waals surface area contributed by atoms with Gasteiger partial charge in [0.1, 0.15) is 0 Å². The molecule has 2 rings (SSSR count). The van der Waals surface area contributed by atoms with Crippen LogP contribution in [-0.4, -0.2) is 41.5 Å². The maximum Gasteiger partial charge on any atom is 1.00 e. The predicted molar refractivity (Wildman–Crippen MR) is 68.7 cm³/mol. The average Bonchev–Trinajstić information content (AvgIpc) is 2.54. The van der Waals surface area contributed by atoms with Gasteiger partial charge in [-0.05, 0) is 19.3 Å². The first-order valence-corrected chi connectivity index (χ1v) is 8.49. The number of nitrogens with zero attached hydrogens (tertiary/aromatic N) is 1. The van der Waals surface area contributed by atoms with Gasteiger partial charge in [0.05, 0.1) is 15.1 Å². The maximum absolute atomic E-state index is 10.6. The Hall–Kier alpha value is 1.44. The predicted octanol–water partition coefficient (Wildman–Crippen LogP) is -1.24. The van der Waals surface area contributed by atoms with Crippen LogP contribution in [0.15, 0.2) is 11.6 Å². The molecule has 0 amide bonds. The van der Waals surface area contributed by atoms with Crippen molar-refractivity contribution in [1.82, 2.24) is 4.90 Å². The van der Waals surface area contributed by atoms with Crippen molar-refractivity contribution in [3.8, 4) is 0 Å². The molecule has 0 spiro atoms. The van der Waals surface area contributed by atoms with E-state index in [1.807, 2.05) is 11.8 Å². The van der Waals surface area contributed by atoms with E-state index in [9.17, 15) is 13.0 Å². The zero-order chi connectivity index (χ0) is 12.5. The van der Waals surface area contributed by atoms with Crippen molar-refractivity contribution in [2.75, 3.05) is 12.3 Å². The zero-order valence-electron chi connectivity index (χ0n) is 10.8. The Balaban J connectivity index is 0.00000162. The molecule has 0 radical (unpaired) electrons. The van der Waals surface area contributed by atoms with Gasteiger partial charge in [0, 0.05) is 23.6 Å². The van der Waals surface area contributed by atoms with E-state index >= 15 is 0 Å². The summed E-state index contributed by atoms with van der Waals surface area (Å²) in [5, 5.41) is 1.67. The Morgan fingerprint density at radius 2 is 2.06 bits per heavy atom. The molecule has 1 aliphatic heterocycles. The zero-order valence-corrected chi connectivity index (χ0v) is 15.6. The topological polar surface area (TPSA) is 60.4 Å². The third-order valence-electron chi connectivity index (χ3n) is 3.47. The van der Waals surface area contributed by atoms with E-state index in [0.717, 1.165) is 5.03 Å². The molecule has 0 N–H and O–H groups in total. The van der Waals surface area contributed by atoms with Gasteiger partial charge >= 0.3 is 51.4 Å². The summed E-state index contributed by atoms with van der Waals surface area (Å²) in [6, 6.07) is 0.510. The molecule has 1 saturated carbocycles. The van der Waals surface area contributed by atoms with E-state index in [1.54, 1.807) is 0 Å². The average molecular weight is 316 g/mol. The van der Waals surface area contributed by atoms with Gasteiger partial charge < -0.3 is 9.45 Å². The van der Waals surface area contributed by atoms with Crippen LogP contribution in [0.4, 0.5) is 0 Å². The molecule has 2 atom stereocenters. The molecule has 2 fully saturated rings. The van der Waals surface area contributed by atoms with E-state index < -0.39 is 10.1 Å². The van der Waals surface area contributed by atoms with E-state index in [2.05, 4.69) is 11.5 Å². The van der Waals surface area contributed by atoms with Gasteiger partial charge in [0.2, 0.25) is 0 Å². The fourth-order valence-electron chi connectivity index (χ4n) is 2.70. The molecule has 0 bridgehead atoms. The monoisotopic (exact) mass is 315 g/mol. The molecule has 2 unspecified atom stereocenters. The van der Waals surface area contributed by atoms with Crippen LogP contribution in [0.1, 0.15) is 32.1 Å². The maximum atomic E-state index is 10.6. The molecule has 2 aliphatic rings. The fourth-order valence-corrected chi connectivity index (χ4v) is 4.62. The summed E-state index contributed by atoms with van der Waals surface area (Å²) >= 11 is 1.82. The van der Waals surface area contributed by atoms with Crippen LogP contribution in [0, 0.1) is 0 Å². The number of rotatable bonds is 4. The largest absolute Gasteiger partial charge is 1.00 e. The first kappa shape index (κ1) is 17.5. The van der Waals surface area contributed by atoms with Gasteiger partial charge in [-0.25, -0.2) is 8.42 Å². The Labute approximate surface area is 156 Å². The minimum Gasteiger partial charge on any atom is -0.748 e. The number of hydrogen-bond acceptors (Lipinski definition) is 5. The van der Waals surface area contributed by atoms with E-state index in [4.69, 9.17) is 0 Å². The van der Waals surface area contributed by atoms with Gasteiger partial charge in [0.15, 0.2) is 0 Å². The van der Waals surface area contributed by atoms with Crippen molar-refractivity contribution in [3.63, 3.8) is 0 Å². The van der Waals surface area contributed by atoms with Crippen molar-refractivity contribution in [2.24, 2.45) is 0 Å². The molecule has 7 heteroatoms. The molecular formula is C11H18KNO3S2. The summed E-state index contributed by atoms with van der Waals surface area (Å²) in [7, 11) is -4.08. The SMILES string of the molecule is C=C1SC2CCCCC2N1CCCS(=O)(=O)[O-].[K+]. The van der Waals surface area contributed by atoms with Crippen LogP contribution in [0.3, 0.4) is 0 Å². The van der Waals surface area contributed by atoms with Gasteiger partial charge in [0.25, 0.3) is 0 Å². The second kappa shape index (κ2) is 7.45. The van der Waals surface area contributed by atoms with Crippen LogP contribution in [0.2, 0.25) is 0 Å². The molecule has 1 aliphatic carbocycles. The summed E-state index contributed by atoms with van der Waals surface area (Å²) < 4.78 is 31.7. The Bertz CT molecular complexity index is 399. The smallest absolute Gasteiger partial charge is 0.748 e. The Kier molecular flexibility index (Phi) is 7.23. The molecule has 1 saturated heterocycles. The normalized spacial score (nSPS) is 27.8. The van der Waals surface area contributed by atoms with Crippen LogP contribution < -0.4 is 51.4 Å². The van der Waals surface area contributed by atoms with Crippen molar-refractivity contribution in [3.05, 3.63) is 11.6 Å². The molecule has 0 aromatic rings. The van der Waals surface area contributed by atoms with Crippen molar-refractivity contribution < 1.29 is 64.4 Å². The van der Waals surface area contributed by atoms with Crippen LogP contribution >= 0.6 is 11.8 Å². The van der Waals surface area contributed by atoms with Crippen LogP contribution in [0.25, 0.3) is 0 Å². The first-order valence-electron chi connectivity index (χ1n) is 6.03. The summed E-state index contributed by atoms with van der Waals surface area (Å²) in [5.74, 6) is -0.265. The fraction of sp³-hybridized carbons (Fsp3) is 0.818. The minimum absolute atomic E-state index is 0. The molecule has 1 heterocycles. The first-order chi connectivity index (χ1) is 7.97. The molecule has 98 valence electrons. The second-order valence-electron chi connectivity index (χ2n) is 4.71. The van der Waals surface area contributed by atoms with E-state index in [0.29, 0.717) is 24.3 Å². The molecule has 18 heavy (non-hydrogen) atoms. The van der Waals surface area contributed by atoms with Crippen molar-refractivity contribution in [1.29, 1.82) is 0 Å². The van der Waals surface area contributed by atoms with Gasteiger partial charge in [-0.2, -0.15) is 0 Å². The van der Waals surface area contributed by atoms with Crippen molar-refractivity contribution in [2.45, 2.75) is 43.4 Å². The third kappa shape index (κ3) is 4.77. The minimum atomic E-state index is -4.08. The Morgan fingerprint density at radius 3 is 2.72 bits per heavy atom. The van der Waals surface area contributed by atoms with Crippen LogP contribution in [-0.2, 0) is 10.1 Å². The third-order valence-corrected chi connectivity index (χ3v) is 5.62. The second-order valence-corrected chi connectivity index (χ2v) is 7.55. The number of thioether (sulfide) groups is 1. The summed E-state index contributed by atoms with van der Waals surface area (Å²) in [6.45, 7) is 4.68. The van der Waals surface area contributed by atoms with E-state index in [1.165, 1.54) is 25.7 Å². The van der Waals surface area contributed by atoms with Crippen LogP contribution in [0.5, 0.6) is 0 Å². The van der Waals surface area contributed by atoms with E-state index in [-0.39, 0.29) is 57.1 Å². The Morgan fingerprint density at radius 1 is 1.39 bits per heavy atom. The van der Waals surface area contributed by atoms with Gasteiger partial charge in [-0.3, -0.25) is 0 Å². The number of fused-ring (bicyclic) bond motifs is 1. The molecule has 0 aromatic carbocycles. The van der Waals surface area contributed by atoms with Gasteiger partial charge in [-0.15, -0.1) is 11.8 Å². The molecule has 0 aromatic heterocycles. The molecule has 4 nitrogen and oxygen atoms in total. The quantitative estimate of drug-likeness (QED) is 0.480. The summed E-state index contributed by atoms with van der Waals surface area (Å²) in [5.41, 5.74) is 0. The number of hydrogen-bond donors (Lipinski definition) is 0. The standard InChI is InChI=1S/C11H19NO3S2.K/c1-9-12(7-4-8-17(13,14)15)10-5-2-3-6-11(10)16-9;/h10-11H,1-8H2,(H,13,14,15);/q;+1/p-1. The summed E-state index contributed by atoms with van der Waals surface area (Å²) in [6.07, 6.45) is 5.33. The van der Waals surface area contributed by atoms with Crippen molar-refractivity contribution >= 4 is 21.9 Å². The molecular weight excluding hydrogens is 297 g/mol.